The van der Waals surface area contributed by atoms with Gasteiger partial charge in [0.05, 0.1) is 61.9 Å². The van der Waals surface area contributed by atoms with E-state index in [2.05, 4.69) is 24.1 Å². The lowest BCUT2D eigenvalue weighted by molar-refractivity contribution is -0.432. The Balaban J connectivity index is 1.61. The second kappa shape index (κ2) is 13.0. The number of carbonyl (C=O) groups is 2. The minimum absolute atomic E-state index is 0.0370. The average molecular weight is 697 g/mol. The number of fused-ring (bicyclic) bond motifs is 2. The van der Waals surface area contributed by atoms with Gasteiger partial charge in [0.15, 0.2) is 11.6 Å². The van der Waals surface area contributed by atoms with Crippen LogP contribution in [0.1, 0.15) is 31.8 Å². The summed E-state index contributed by atoms with van der Waals surface area (Å²) < 4.78 is 43.4. The molecule has 0 atom stereocenters. The topological polar surface area (TPSA) is 200 Å². The summed E-state index contributed by atoms with van der Waals surface area (Å²) in [4.78, 5) is 42.2. The quantitative estimate of drug-likeness (QED) is 0.0414. The number of anilines is 2. The lowest BCUT2D eigenvalue weighted by atomic mass is 9.80. The second-order valence-electron chi connectivity index (χ2n) is 9.94. The van der Waals surface area contributed by atoms with E-state index in [1.807, 2.05) is 0 Å². The number of ketones is 2. The molecule has 0 spiro atoms. The average Bonchev–Trinajstić information content (AvgIpc) is 3.07. The molecule has 6 rings (SSSR count). The standard InChI is InChI=1S/C30H20N2O12S3/c1-32-22-12-11-21(31-20-10-9-17(47(38,39)40)14-23(20)46-44-42-37)25-26(22)24(18-7-2-3-8-19(18)29(25)34)27(30(32)35)28(33)15-5-4-6-16(13-15)45-43-41-36/h2-14,31,36-37H,1H3,(H,38,39,40). The van der Waals surface area contributed by atoms with Crippen LogP contribution < -0.4 is 10.9 Å². The van der Waals surface area contributed by atoms with Crippen molar-refractivity contribution in [2.45, 2.75) is 14.7 Å². The number of aryl methyl sites for hydroxylation is 1. The zero-order valence-corrected chi connectivity index (χ0v) is 26.1. The van der Waals surface area contributed by atoms with Crippen LogP contribution in [0.4, 0.5) is 11.4 Å². The number of pyridine rings is 1. The summed E-state index contributed by atoms with van der Waals surface area (Å²) in [6.45, 7) is 0. The Morgan fingerprint density at radius 1 is 0.830 bits per heavy atom. The third-order valence-corrected chi connectivity index (χ3v) is 9.46. The van der Waals surface area contributed by atoms with Gasteiger partial charge in [-0.1, -0.05) is 46.5 Å². The minimum atomic E-state index is -4.62. The van der Waals surface area contributed by atoms with Gasteiger partial charge in [0, 0.05) is 34.0 Å². The van der Waals surface area contributed by atoms with Crippen LogP contribution in [0.2, 0.25) is 0 Å². The lowest BCUT2D eigenvalue weighted by Crippen LogP contribution is -2.29. The number of hydrogen-bond acceptors (Lipinski definition) is 14. The van der Waals surface area contributed by atoms with Crippen molar-refractivity contribution < 1.29 is 51.8 Å². The maximum atomic E-state index is 14.2. The summed E-state index contributed by atoms with van der Waals surface area (Å²) in [7, 11) is -3.14. The Bertz CT molecular complexity index is 2270. The number of rotatable bonds is 11. The summed E-state index contributed by atoms with van der Waals surface area (Å²) in [5.74, 6) is -1.06. The maximum Gasteiger partial charge on any atom is 0.294 e. The highest BCUT2D eigenvalue weighted by atomic mass is 32.2. The number of nitrogens with one attached hydrogen (secondary N) is 1. The third-order valence-electron chi connectivity index (χ3n) is 7.39. The predicted molar refractivity (Wildman–Crippen MR) is 169 cm³/mol. The molecule has 1 aromatic heterocycles. The summed E-state index contributed by atoms with van der Waals surface area (Å²) in [6.07, 6.45) is 0. The van der Waals surface area contributed by atoms with E-state index in [-0.39, 0.29) is 44.1 Å². The van der Waals surface area contributed by atoms with Crippen molar-refractivity contribution in [3.8, 4) is 11.1 Å². The van der Waals surface area contributed by atoms with Crippen LogP contribution in [0.3, 0.4) is 0 Å². The van der Waals surface area contributed by atoms with E-state index in [1.54, 1.807) is 48.5 Å². The van der Waals surface area contributed by atoms with Crippen LogP contribution in [0.5, 0.6) is 0 Å². The largest absolute Gasteiger partial charge is 0.354 e. The molecule has 0 unspecified atom stereocenters. The maximum absolute atomic E-state index is 14.2. The van der Waals surface area contributed by atoms with Crippen molar-refractivity contribution in [2.75, 3.05) is 5.32 Å². The van der Waals surface area contributed by atoms with Gasteiger partial charge in [0.25, 0.3) is 15.7 Å². The van der Waals surface area contributed by atoms with Crippen LogP contribution >= 0.6 is 24.1 Å². The van der Waals surface area contributed by atoms with Crippen molar-refractivity contribution in [1.82, 2.24) is 4.57 Å². The van der Waals surface area contributed by atoms with E-state index < -0.39 is 32.1 Å². The Kier molecular flexibility index (Phi) is 9.01. The van der Waals surface area contributed by atoms with Crippen molar-refractivity contribution in [3.05, 3.63) is 111 Å². The molecule has 4 aromatic carbocycles. The zero-order valence-electron chi connectivity index (χ0n) is 23.7. The number of aromatic nitrogens is 1. The van der Waals surface area contributed by atoms with Crippen LogP contribution in [-0.2, 0) is 35.9 Å². The molecule has 1 aliphatic carbocycles. The van der Waals surface area contributed by atoms with Gasteiger partial charge in [-0.15, -0.1) is 8.67 Å². The molecule has 0 aliphatic heterocycles. The molecule has 0 saturated heterocycles. The third kappa shape index (κ3) is 5.96. The first kappa shape index (κ1) is 32.5. The van der Waals surface area contributed by atoms with E-state index in [0.717, 1.165) is 12.1 Å². The van der Waals surface area contributed by atoms with E-state index in [9.17, 15) is 27.4 Å². The monoisotopic (exact) mass is 696 g/mol. The fourth-order valence-corrected chi connectivity index (χ4v) is 6.89. The van der Waals surface area contributed by atoms with Gasteiger partial charge in [0.1, 0.15) is 0 Å². The van der Waals surface area contributed by atoms with Crippen LogP contribution in [0.25, 0.3) is 22.0 Å². The molecule has 0 fully saturated rings. The molecular formula is C30H20N2O12S3. The summed E-state index contributed by atoms with van der Waals surface area (Å²) in [5.41, 5.74) is 1.05. The number of benzene rings is 4. The van der Waals surface area contributed by atoms with Gasteiger partial charge in [-0.05, 0) is 48.0 Å². The summed E-state index contributed by atoms with van der Waals surface area (Å²) in [5, 5.41) is 27.9. The first-order chi connectivity index (χ1) is 22.5. The van der Waals surface area contributed by atoms with Crippen LogP contribution in [-0.4, -0.2) is 39.6 Å². The van der Waals surface area contributed by atoms with E-state index in [0.29, 0.717) is 45.4 Å². The molecule has 240 valence electrons. The molecule has 0 saturated carbocycles. The molecule has 4 N–H and O–H groups in total. The lowest BCUT2D eigenvalue weighted by Gasteiger charge is -2.26. The van der Waals surface area contributed by atoms with Crippen LogP contribution in [0, 0.1) is 0 Å². The molecule has 14 nitrogen and oxygen atoms in total. The number of carbonyl (C=O) groups excluding carboxylic acids is 2. The molecule has 1 aliphatic rings. The van der Waals surface area contributed by atoms with Gasteiger partial charge in [-0.3, -0.25) is 18.9 Å². The van der Waals surface area contributed by atoms with Gasteiger partial charge >= 0.3 is 0 Å². The van der Waals surface area contributed by atoms with E-state index in [1.165, 1.54) is 29.8 Å². The second-order valence-corrected chi connectivity index (χ2v) is 12.9. The smallest absolute Gasteiger partial charge is 0.294 e. The summed E-state index contributed by atoms with van der Waals surface area (Å²) >= 11 is 1.06. The molecular weight excluding hydrogens is 677 g/mol. The highest BCUT2D eigenvalue weighted by molar-refractivity contribution is 7.95. The molecule has 0 amide bonds. The van der Waals surface area contributed by atoms with E-state index in [4.69, 9.17) is 10.5 Å². The van der Waals surface area contributed by atoms with Crippen molar-refractivity contribution in [1.29, 1.82) is 0 Å². The van der Waals surface area contributed by atoms with Gasteiger partial charge in [0.2, 0.25) is 0 Å². The van der Waals surface area contributed by atoms with Gasteiger partial charge < -0.3 is 9.88 Å². The summed E-state index contributed by atoms with van der Waals surface area (Å²) in [6, 6.07) is 19.3. The predicted octanol–water partition coefficient (Wildman–Crippen LogP) is 5.83. The van der Waals surface area contributed by atoms with Crippen LogP contribution in [0.15, 0.2) is 98.3 Å². The highest BCUT2D eigenvalue weighted by Gasteiger charge is 2.34. The van der Waals surface area contributed by atoms with Crippen molar-refractivity contribution in [2.24, 2.45) is 7.05 Å². The molecule has 0 bridgehead atoms. The molecule has 17 heteroatoms. The SMILES string of the molecule is Cn1c(=O)c(C(=O)c2cccc(SOOO)c2)c2c3c(c(Nc4ccc(S(=O)(=O)O)cc4SOOO)ccc31)C(=O)c1ccccc1-2. The Morgan fingerprint density at radius 2 is 1.53 bits per heavy atom. The molecule has 1 heterocycles. The number of hydrogen-bond donors (Lipinski definition) is 4. The highest BCUT2D eigenvalue weighted by Crippen LogP contribution is 2.45. The Hall–Kier alpha value is -4.40. The fourth-order valence-electron chi connectivity index (χ4n) is 5.41. The van der Waals surface area contributed by atoms with Crippen molar-refractivity contribution >= 4 is 68.0 Å². The first-order valence-electron chi connectivity index (χ1n) is 13.2. The fraction of sp³-hybridized carbons (Fsp3) is 0.0333. The first-order valence-corrected chi connectivity index (χ1v) is 16.1. The van der Waals surface area contributed by atoms with Crippen molar-refractivity contribution in [3.63, 3.8) is 0 Å². The molecule has 5 aromatic rings. The molecule has 47 heavy (non-hydrogen) atoms. The Labute approximate surface area is 273 Å². The minimum Gasteiger partial charge on any atom is -0.354 e. The molecule has 0 radical (unpaired) electrons. The number of nitrogens with zero attached hydrogens (tertiary/aromatic N) is 1. The van der Waals surface area contributed by atoms with E-state index >= 15 is 0 Å². The van der Waals surface area contributed by atoms with Gasteiger partial charge in [-0.25, -0.2) is 10.5 Å². The Morgan fingerprint density at radius 3 is 2.26 bits per heavy atom. The van der Waals surface area contributed by atoms with Gasteiger partial charge in [-0.2, -0.15) is 8.42 Å². The zero-order chi connectivity index (χ0) is 33.5. The normalized spacial score (nSPS) is 12.3.